The minimum absolute atomic E-state index is 0.302. The molecular formula is C12H18ClFN2. The second-order valence-electron chi connectivity index (χ2n) is 4.09. The largest absolute Gasteiger partial charge is 0.329 e. The van der Waals surface area contributed by atoms with Crippen LogP contribution < -0.4 is 5.73 Å². The number of nitrogens with two attached hydrogens (primary N) is 1. The van der Waals surface area contributed by atoms with Crippen LogP contribution in [0.1, 0.15) is 19.4 Å². The Hall–Kier alpha value is -0.640. The van der Waals surface area contributed by atoms with E-state index in [2.05, 4.69) is 18.7 Å². The number of halogens is 2. The van der Waals surface area contributed by atoms with E-state index in [1.807, 2.05) is 0 Å². The van der Waals surface area contributed by atoms with Crippen LogP contribution in [-0.2, 0) is 6.54 Å². The molecule has 4 heteroatoms. The minimum Gasteiger partial charge on any atom is -0.329 e. The fraction of sp³-hybridized carbons (Fsp3) is 0.500. The van der Waals surface area contributed by atoms with Crippen molar-refractivity contribution in [3.63, 3.8) is 0 Å². The van der Waals surface area contributed by atoms with Crippen molar-refractivity contribution in [3.05, 3.63) is 34.6 Å². The molecule has 0 aliphatic carbocycles. The predicted octanol–water partition coefficient (Wildman–Crippen LogP) is 2.65. The minimum atomic E-state index is -0.302. The normalized spacial score (nSPS) is 11.4. The summed E-state index contributed by atoms with van der Waals surface area (Å²) in [5.74, 6) is -0.302. The van der Waals surface area contributed by atoms with Gasteiger partial charge in [0.2, 0.25) is 0 Å². The quantitative estimate of drug-likeness (QED) is 0.863. The third-order valence-corrected chi connectivity index (χ3v) is 2.89. The highest BCUT2D eigenvalue weighted by atomic mass is 35.5. The van der Waals surface area contributed by atoms with E-state index in [0.717, 1.165) is 12.1 Å². The smallest absolute Gasteiger partial charge is 0.124 e. The van der Waals surface area contributed by atoms with Crippen molar-refractivity contribution >= 4 is 11.6 Å². The van der Waals surface area contributed by atoms with Gasteiger partial charge in [-0.25, -0.2) is 4.39 Å². The molecule has 0 radical (unpaired) electrons. The van der Waals surface area contributed by atoms with Crippen LogP contribution in [0.15, 0.2) is 18.2 Å². The van der Waals surface area contributed by atoms with E-state index in [-0.39, 0.29) is 5.82 Å². The first kappa shape index (κ1) is 13.4. The Labute approximate surface area is 101 Å². The molecule has 0 aliphatic heterocycles. The van der Waals surface area contributed by atoms with Crippen LogP contribution in [0, 0.1) is 5.82 Å². The van der Waals surface area contributed by atoms with Crippen LogP contribution >= 0.6 is 11.6 Å². The number of hydrogen-bond acceptors (Lipinski definition) is 2. The maximum absolute atomic E-state index is 12.9. The van der Waals surface area contributed by atoms with Gasteiger partial charge in [0.15, 0.2) is 0 Å². The summed E-state index contributed by atoms with van der Waals surface area (Å²) >= 11 is 5.98. The summed E-state index contributed by atoms with van der Waals surface area (Å²) in [4.78, 5) is 2.21. The average Bonchev–Trinajstić information content (AvgIpc) is 2.20. The molecule has 16 heavy (non-hydrogen) atoms. The second-order valence-corrected chi connectivity index (χ2v) is 4.50. The molecule has 2 N–H and O–H groups in total. The van der Waals surface area contributed by atoms with Gasteiger partial charge in [-0.05, 0) is 31.5 Å². The van der Waals surface area contributed by atoms with E-state index >= 15 is 0 Å². The first-order chi connectivity index (χ1) is 7.54. The van der Waals surface area contributed by atoms with Crippen LogP contribution in [0.25, 0.3) is 0 Å². The van der Waals surface area contributed by atoms with Crippen molar-refractivity contribution in [2.75, 3.05) is 13.1 Å². The van der Waals surface area contributed by atoms with Crippen LogP contribution in [0.4, 0.5) is 4.39 Å². The molecule has 0 aliphatic rings. The standard InChI is InChI=1S/C12H18ClFN2/c1-9(2)16(6-5-15)8-10-3-4-11(14)7-12(10)13/h3-4,7,9H,5-6,8,15H2,1-2H3. The summed E-state index contributed by atoms with van der Waals surface area (Å²) in [6.07, 6.45) is 0. The molecule has 1 aromatic carbocycles. The molecular weight excluding hydrogens is 227 g/mol. The summed E-state index contributed by atoms with van der Waals surface area (Å²) < 4.78 is 12.9. The topological polar surface area (TPSA) is 29.3 Å². The van der Waals surface area contributed by atoms with Crippen molar-refractivity contribution in [2.24, 2.45) is 5.73 Å². The molecule has 0 aromatic heterocycles. The lowest BCUT2D eigenvalue weighted by molar-refractivity contribution is 0.219. The molecule has 0 amide bonds. The van der Waals surface area contributed by atoms with Gasteiger partial charge in [0, 0.05) is 30.7 Å². The van der Waals surface area contributed by atoms with Crippen molar-refractivity contribution in [2.45, 2.75) is 26.4 Å². The summed E-state index contributed by atoms with van der Waals surface area (Å²) in [6, 6.07) is 4.90. The fourth-order valence-electron chi connectivity index (χ4n) is 1.55. The third-order valence-electron chi connectivity index (χ3n) is 2.54. The highest BCUT2D eigenvalue weighted by Crippen LogP contribution is 2.19. The molecule has 0 saturated heterocycles. The first-order valence-corrected chi connectivity index (χ1v) is 5.80. The summed E-state index contributed by atoms with van der Waals surface area (Å²) in [5, 5.41) is 0.475. The van der Waals surface area contributed by atoms with Crippen LogP contribution in [0.5, 0.6) is 0 Å². The fourth-order valence-corrected chi connectivity index (χ4v) is 1.78. The average molecular weight is 245 g/mol. The van der Waals surface area contributed by atoms with Gasteiger partial charge in [0.1, 0.15) is 5.82 Å². The number of rotatable bonds is 5. The molecule has 90 valence electrons. The molecule has 1 rings (SSSR count). The van der Waals surface area contributed by atoms with E-state index in [9.17, 15) is 4.39 Å². The highest BCUT2D eigenvalue weighted by molar-refractivity contribution is 6.31. The Balaban J connectivity index is 2.77. The maximum Gasteiger partial charge on any atom is 0.124 e. The van der Waals surface area contributed by atoms with Crippen LogP contribution in [0.3, 0.4) is 0 Å². The van der Waals surface area contributed by atoms with Gasteiger partial charge in [0.05, 0.1) is 0 Å². The van der Waals surface area contributed by atoms with Gasteiger partial charge in [0.25, 0.3) is 0 Å². The van der Waals surface area contributed by atoms with Gasteiger partial charge in [-0.15, -0.1) is 0 Å². The molecule has 0 heterocycles. The van der Waals surface area contributed by atoms with Gasteiger partial charge >= 0.3 is 0 Å². The monoisotopic (exact) mass is 244 g/mol. The molecule has 0 unspecified atom stereocenters. The Morgan fingerprint density at radius 2 is 2.12 bits per heavy atom. The molecule has 2 nitrogen and oxygen atoms in total. The lowest BCUT2D eigenvalue weighted by atomic mass is 10.2. The summed E-state index contributed by atoms with van der Waals surface area (Å²) in [7, 11) is 0. The zero-order valence-electron chi connectivity index (χ0n) is 9.71. The van der Waals surface area contributed by atoms with E-state index in [4.69, 9.17) is 17.3 Å². The van der Waals surface area contributed by atoms with E-state index in [0.29, 0.717) is 24.2 Å². The van der Waals surface area contributed by atoms with Crippen LogP contribution in [0.2, 0.25) is 5.02 Å². The predicted molar refractivity (Wildman–Crippen MR) is 66.0 cm³/mol. The van der Waals surface area contributed by atoms with Crippen molar-refractivity contribution in [1.82, 2.24) is 4.90 Å². The SMILES string of the molecule is CC(C)N(CCN)Cc1ccc(F)cc1Cl. The highest BCUT2D eigenvalue weighted by Gasteiger charge is 2.11. The van der Waals surface area contributed by atoms with Gasteiger partial charge < -0.3 is 5.73 Å². The molecule has 0 bridgehead atoms. The molecule has 0 saturated carbocycles. The van der Waals surface area contributed by atoms with Gasteiger partial charge in [-0.1, -0.05) is 17.7 Å². The Morgan fingerprint density at radius 3 is 2.62 bits per heavy atom. The number of hydrogen-bond donors (Lipinski definition) is 1. The number of nitrogens with zero attached hydrogens (tertiary/aromatic N) is 1. The van der Waals surface area contributed by atoms with Gasteiger partial charge in [-0.2, -0.15) is 0 Å². The van der Waals surface area contributed by atoms with Gasteiger partial charge in [-0.3, -0.25) is 4.90 Å². The molecule has 0 fully saturated rings. The van der Waals surface area contributed by atoms with E-state index in [1.165, 1.54) is 12.1 Å². The second kappa shape index (κ2) is 6.18. The van der Waals surface area contributed by atoms with E-state index < -0.39 is 0 Å². The molecule has 1 aromatic rings. The lowest BCUT2D eigenvalue weighted by Gasteiger charge is -2.26. The zero-order valence-corrected chi connectivity index (χ0v) is 10.5. The van der Waals surface area contributed by atoms with Crippen LogP contribution in [-0.4, -0.2) is 24.0 Å². The third kappa shape index (κ3) is 3.74. The molecule has 0 atom stereocenters. The zero-order chi connectivity index (χ0) is 12.1. The van der Waals surface area contributed by atoms with Crippen molar-refractivity contribution in [1.29, 1.82) is 0 Å². The lowest BCUT2D eigenvalue weighted by Crippen LogP contribution is -2.34. The Morgan fingerprint density at radius 1 is 1.44 bits per heavy atom. The number of benzene rings is 1. The first-order valence-electron chi connectivity index (χ1n) is 5.42. The van der Waals surface area contributed by atoms with Crippen molar-refractivity contribution < 1.29 is 4.39 Å². The van der Waals surface area contributed by atoms with E-state index in [1.54, 1.807) is 6.07 Å². The Kier molecular flexibility index (Phi) is 5.19. The maximum atomic E-state index is 12.9. The van der Waals surface area contributed by atoms with Crippen molar-refractivity contribution in [3.8, 4) is 0 Å². The summed E-state index contributed by atoms with van der Waals surface area (Å²) in [6.45, 7) is 6.33. The summed E-state index contributed by atoms with van der Waals surface area (Å²) in [5.41, 5.74) is 6.48. The molecule has 0 spiro atoms. The Bertz CT molecular complexity index is 342.